The highest BCUT2D eigenvalue weighted by atomic mass is 14.4. The second kappa shape index (κ2) is 3.60. The normalized spacial score (nSPS) is 24.3. The van der Waals surface area contributed by atoms with E-state index in [1.165, 1.54) is 38.5 Å². The van der Waals surface area contributed by atoms with E-state index in [4.69, 9.17) is 0 Å². The predicted octanol–water partition coefficient (Wildman–Crippen LogP) is 4.00. The summed E-state index contributed by atoms with van der Waals surface area (Å²) in [7, 11) is 0. The van der Waals surface area contributed by atoms with Gasteiger partial charge in [0.2, 0.25) is 0 Å². The van der Waals surface area contributed by atoms with Crippen LogP contribution in [0.1, 0.15) is 59.3 Å². The molecule has 1 aliphatic rings. The van der Waals surface area contributed by atoms with E-state index in [2.05, 4.69) is 20.8 Å². The van der Waals surface area contributed by atoms with E-state index in [9.17, 15) is 0 Å². The van der Waals surface area contributed by atoms with Crippen LogP contribution in [-0.2, 0) is 0 Å². The molecular weight excluding hydrogens is 132 g/mol. The highest BCUT2D eigenvalue weighted by Crippen LogP contribution is 2.48. The minimum atomic E-state index is 0.731. The molecule has 1 aliphatic carbocycles. The molecule has 0 heteroatoms. The number of hydrogen-bond acceptors (Lipinski definition) is 0. The fourth-order valence-electron chi connectivity index (χ4n) is 2.09. The third-order valence-corrected chi connectivity index (χ3v) is 3.68. The summed E-state index contributed by atoms with van der Waals surface area (Å²) in [6, 6.07) is 0. The van der Waals surface area contributed by atoms with Crippen molar-refractivity contribution in [1.29, 1.82) is 0 Å². The molecule has 1 atom stereocenters. The van der Waals surface area contributed by atoms with Crippen molar-refractivity contribution in [3.8, 4) is 0 Å². The lowest BCUT2D eigenvalue weighted by molar-refractivity contribution is 0.0753. The van der Waals surface area contributed by atoms with Gasteiger partial charge in [-0.3, -0.25) is 0 Å². The smallest absolute Gasteiger partial charge is 0.0300 e. The van der Waals surface area contributed by atoms with Crippen LogP contribution >= 0.6 is 0 Å². The van der Waals surface area contributed by atoms with E-state index < -0.39 is 0 Å². The zero-order chi connectivity index (χ0) is 8.32. The molecule has 1 saturated carbocycles. The van der Waals surface area contributed by atoms with Crippen molar-refractivity contribution in [3.63, 3.8) is 0 Å². The van der Waals surface area contributed by atoms with Gasteiger partial charge >= 0.3 is 0 Å². The van der Waals surface area contributed by atoms with Crippen molar-refractivity contribution in [2.45, 2.75) is 59.3 Å². The van der Waals surface area contributed by atoms with E-state index in [1.807, 2.05) is 0 Å². The Hall–Kier alpha value is 0. The summed E-state index contributed by atoms with van der Waals surface area (Å²) in [4.78, 5) is 0. The first kappa shape index (κ1) is 9.09. The lowest BCUT2D eigenvalue weighted by Gasteiger charge is -2.44. The van der Waals surface area contributed by atoms with Crippen LogP contribution < -0.4 is 0 Å². The molecule has 66 valence electrons. The molecule has 11 heavy (non-hydrogen) atoms. The van der Waals surface area contributed by atoms with Gasteiger partial charge in [0.25, 0.3) is 0 Å². The molecule has 0 nitrogen and oxygen atoms in total. The summed E-state index contributed by atoms with van der Waals surface area (Å²) in [5, 5.41) is 0. The van der Waals surface area contributed by atoms with Gasteiger partial charge in [-0.15, -0.1) is 0 Å². The summed E-state index contributed by atoms with van der Waals surface area (Å²) in [6.07, 6.45) is 8.69. The third kappa shape index (κ3) is 1.98. The Bertz CT molecular complexity index is 111. The van der Waals surface area contributed by atoms with E-state index in [0.29, 0.717) is 0 Å². The molecule has 1 rings (SSSR count). The lowest BCUT2D eigenvalue weighted by Crippen LogP contribution is -2.32. The molecule has 0 amide bonds. The first-order chi connectivity index (χ1) is 5.19. The van der Waals surface area contributed by atoms with Crippen LogP contribution in [0.5, 0.6) is 0 Å². The molecule has 0 spiro atoms. The van der Waals surface area contributed by atoms with Gasteiger partial charge in [0.15, 0.2) is 0 Å². The Labute approximate surface area is 71.4 Å². The van der Waals surface area contributed by atoms with Crippen LogP contribution in [0.15, 0.2) is 0 Å². The van der Waals surface area contributed by atoms with Crippen molar-refractivity contribution in [1.82, 2.24) is 0 Å². The van der Waals surface area contributed by atoms with E-state index in [0.717, 1.165) is 11.3 Å². The molecule has 0 aromatic heterocycles. The van der Waals surface area contributed by atoms with Crippen molar-refractivity contribution >= 4 is 0 Å². The molecule has 0 aliphatic heterocycles. The first-order valence-electron chi connectivity index (χ1n) is 5.19. The van der Waals surface area contributed by atoms with Crippen LogP contribution in [0, 0.1) is 11.3 Å². The van der Waals surface area contributed by atoms with E-state index >= 15 is 0 Å². The Morgan fingerprint density at radius 3 is 2.36 bits per heavy atom. The fourth-order valence-corrected chi connectivity index (χ4v) is 2.09. The quantitative estimate of drug-likeness (QED) is 0.574. The average molecular weight is 154 g/mol. The molecule has 0 aromatic carbocycles. The number of unbranched alkanes of at least 4 members (excludes halogenated alkanes) is 1. The van der Waals surface area contributed by atoms with Crippen LogP contribution in [0.3, 0.4) is 0 Å². The zero-order valence-electron chi connectivity index (χ0n) is 8.32. The van der Waals surface area contributed by atoms with Crippen molar-refractivity contribution in [2.24, 2.45) is 11.3 Å². The summed E-state index contributed by atoms with van der Waals surface area (Å²) in [5.74, 6) is 0.969. The summed E-state index contributed by atoms with van der Waals surface area (Å²) < 4.78 is 0. The van der Waals surface area contributed by atoms with Crippen molar-refractivity contribution < 1.29 is 0 Å². The maximum atomic E-state index is 2.47. The van der Waals surface area contributed by atoms with Crippen LogP contribution in [0.25, 0.3) is 0 Å². The van der Waals surface area contributed by atoms with Gasteiger partial charge in [0, 0.05) is 0 Å². The van der Waals surface area contributed by atoms with Gasteiger partial charge in [0.05, 0.1) is 0 Å². The Kier molecular flexibility index (Phi) is 2.98. The van der Waals surface area contributed by atoms with Gasteiger partial charge in [-0.25, -0.2) is 0 Å². The largest absolute Gasteiger partial charge is 0.0654 e. The molecule has 0 heterocycles. The molecule has 0 N–H and O–H groups in total. The molecule has 0 aromatic rings. The molecular formula is C11H22. The highest BCUT2D eigenvalue weighted by molar-refractivity contribution is 4.87. The highest BCUT2D eigenvalue weighted by Gasteiger charge is 2.36. The van der Waals surface area contributed by atoms with Crippen LogP contribution in [-0.4, -0.2) is 0 Å². The predicted molar refractivity (Wildman–Crippen MR) is 50.6 cm³/mol. The minimum Gasteiger partial charge on any atom is -0.0654 e. The number of hydrogen-bond donors (Lipinski definition) is 0. The third-order valence-electron chi connectivity index (χ3n) is 3.68. The molecule has 0 bridgehead atoms. The molecule has 0 radical (unpaired) electrons. The standard InChI is InChI=1S/C11H22/c1-4-5-7-10(2)11(3)8-6-9-11/h10H,4-9H2,1-3H3. The maximum Gasteiger partial charge on any atom is -0.0300 e. The lowest BCUT2D eigenvalue weighted by atomic mass is 9.62. The zero-order valence-corrected chi connectivity index (χ0v) is 8.32. The minimum absolute atomic E-state index is 0.731. The molecule has 0 saturated heterocycles. The van der Waals surface area contributed by atoms with Crippen molar-refractivity contribution in [2.75, 3.05) is 0 Å². The Morgan fingerprint density at radius 1 is 1.36 bits per heavy atom. The van der Waals surface area contributed by atoms with Crippen LogP contribution in [0.4, 0.5) is 0 Å². The monoisotopic (exact) mass is 154 g/mol. The summed E-state index contributed by atoms with van der Waals surface area (Å²) in [6.45, 7) is 7.20. The van der Waals surface area contributed by atoms with Gasteiger partial charge in [-0.05, 0) is 24.2 Å². The molecule has 1 fully saturated rings. The fraction of sp³-hybridized carbons (Fsp3) is 1.00. The van der Waals surface area contributed by atoms with E-state index in [-0.39, 0.29) is 0 Å². The number of rotatable bonds is 4. The first-order valence-corrected chi connectivity index (χ1v) is 5.19. The van der Waals surface area contributed by atoms with Crippen LogP contribution in [0.2, 0.25) is 0 Å². The Morgan fingerprint density at radius 2 is 2.00 bits per heavy atom. The second-order valence-corrected chi connectivity index (χ2v) is 4.55. The van der Waals surface area contributed by atoms with Gasteiger partial charge in [-0.2, -0.15) is 0 Å². The maximum absolute atomic E-state index is 2.47. The SMILES string of the molecule is CCCCC(C)C1(C)CCC1. The van der Waals surface area contributed by atoms with Crippen molar-refractivity contribution in [3.05, 3.63) is 0 Å². The van der Waals surface area contributed by atoms with E-state index in [1.54, 1.807) is 0 Å². The molecule has 1 unspecified atom stereocenters. The van der Waals surface area contributed by atoms with Gasteiger partial charge in [-0.1, -0.05) is 46.5 Å². The van der Waals surface area contributed by atoms with Gasteiger partial charge in [0.1, 0.15) is 0 Å². The second-order valence-electron chi connectivity index (χ2n) is 4.55. The topological polar surface area (TPSA) is 0 Å². The average Bonchev–Trinajstić information content (AvgIpc) is 1.95. The Balaban J connectivity index is 2.22. The summed E-state index contributed by atoms with van der Waals surface area (Å²) >= 11 is 0. The summed E-state index contributed by atoms with van der Waals surface area (Å²) in [5.41, 5.74) is 0.731. The van der Waals surface area contributed by atoms with Gasteiger partial charge < -0.3 is 0 Å².